The third-order valence-electron chi connectivity index (χ3n) is 2.36. The van der Waals surface area contributed by atoms with Crippen molar-refractivity contribution in [1.29, 1.82) is 0 Å². The Morgan fingerprint density at radius 2 is 1.90 bits per heavy atom. The lowest BCUT2D eigenvalue weighted by Gasteiger charge is -2.33. The van der Waals surface area contributed by atoms with Crippen LogP contribution in [-0.2, 0) is 0 Å². The van der Waals surface area contributed by atoms with Gasteiger partial charge in [0.05, 0.1) is 8.07 Å². The molecule has 0 aromatic heterocycles. The molecule has 0 amide bonds. The molecule has 1 aliphatic rings. The van der Waals surface area contributed by atoms with Crippen LogP contribution in [0.25, 0.3) is 0 Å². The van der Waals surface area contributed by atoms with Gasteiger partial charge >= 0.3 is 0 Å². The molecular formula is C8H19NSi. The molecule has 60 valence electrons. The van der Waals surface area contributed by atoms with Gasteiger partial charge in [-0.3, -0.25) is 0 Å². The van der Waals surface area contributed by atoms with Gasteiger partial charge in [-0.1, -0.05) is 26.1 Å². The predicted octanol–water partition coefficient (Wildman–Crippen LogP) is 2.01. The molecule has 1 nitrogen and oxygen atoms in total. The minimum atomic E-state index is -0.867. The fourth-order valence-corrected chi connectivity index (χ4v) is 3.42. The van der Waals surface area contributed by atoms with Gasteiger partial charge < -0.3 is 5.32 Å². The van der Waals surface area contributed by atoms with Crippen LogP contribution in [0.15, 0.2) is 0 Å². The largest absolute Gasteiger partial charge is 0.317 e. The zero-order chi connectivity index (χ0) is 7.61. The highest BCUT2D eigenvalue weighted by Gasteiger charge is 2.27. The van der Waals surface area contributed by atoms with Gasteiger partial charge in [0.1, 0.15) is 0 Å². The van der Waals surface area contributed by atoms with Crippen LogP contribution in [0, 0.1) is 0 Å². The first kappa shape index (κ1) is 8.28. The smallest absolute Gasteiger partial charge is 0.0635 e. The lowest BCUT2D eigenvalue weighted by atomic mass is 10.2. The minimum absolute atomic E-state index is 0.867. The highest BCUT2D eigenvalue weighted by molar-refractivity contribution is 6.77. The van der Waals surface area contributed by atoms with Crippen molar-refractivity contribution in [2.24, 2.45) is 0 Å². The number of hydrogen-bond acceptors (Lipinski definition) is 1. The second-order valence-electron chi connectivity index (χ2n) is 4.37. The number of hydrogen-bond donors (Lipinski definition) is 1. The SMILES string of the molecule is C[Si](C)(C)[C@@H]1CCCCN1. The van der Waals surface area contributed by atoms with Crippen molar-refractivity contribution < 1.29 is 0 Å². The molecule has 0 unspecified atom stereocenters. The second-order valence-corrected chi connectivity index (χ2v) is 9.80. The summed E-state index contributed by atoms with van der Waals surface area (Å²) in [4.78, 5) is 0. The Morgan fingerprint density at radius 3 is 2.20 bits per heavy atom. The van der Waals surface area contributed by atoms with Gasteiger partial charge in [0.25, 0.3) is 0 Å². The molecule has 1 fully saturated rings. The maximum absolute atomic E-state index is 3.62. The Hall–Kier alpha value is 0.177. The van der Waals surface area contributed by atoms with Crippen molar-refractivity contribution in [2.45, 2.75) is 44.6 Å². The first-order valence-electron chi connectivity index (χ1n) is 4.34. The summed E-state index contributed by atoms with van der Waals surface area (Å²) in [6.07, 6.45) is 4.26. The maximum Gasteiger partial charge on any atom is 0.0635 e. The quantitative estimate of drug-likeness (QED) is 0.574. The zero-order valence-electron chi connectivity index (χ0n) is 7.41. The Balaban J connectivity index is 2.39. The van der Waals surface area contributed by atoms with Gasteiger partial charge in [-0.15, -0.1) is 0 Å². The highest BCUT2D eigenvalue weighted by atomic mass is 28.3. The number of nitrogens with one attached hydrogen (secondary N) is 1. The molecule has 0 saturated carbocycles. The van der Waals surface area contributed by atoms with E-state index in [0.29, 0.717) is 0 Å². The molecule has 1 heterocycles. The Morgan fingerprint density at radius 1 is 1.20 bits per heavy atom. The van der Waals surface area contributed by atoms with E-state index >= 15 is 0 Å². The van der Waals surface area contributed by atoms with Crippen LogP contribution in [-0.4, -0.2) is 20.3 Å². The second kappa shape index (κ2) is 3.05. The summed E-state index contributed by atoms with van der Waals surface area (Å²) in [5.74, 6) is 0. The van der Waals surface area contributed by atoms with Crippen LogP contribution in [0.1, 0.15) is 19.3 Å². The van der Waals surface area contributed by atoms with E-state index in [1.54, 1.807) is 0 Å². The molecule has 0 aromatic carbocycles. The molecule has 1 aliphatic heterocycles. The van der Waals surface area contributed by atoms with Crippen LogP contribution in [0.3, 0.4) is 0 Å². The molecule has 1 N–H and O–H groups in total. The molecule has 1 rings (SSSR count). The van der Waals surface area contributed by atoms with E-state index in [4.69, 9.17) is 0 Å². The molecule has 10 heavy (non-hydrogen) atoms. The van der Waals surface area contributed by atoms with Gasteiger partial charge in [0.15, 0.2) is 0 Å². The third-order valence-corrected chi connectivity index (χ3v) is 4.94. The fraction of sp³-hybridized carbons (Fsp3) is 1.00. The van der Waals surface area contributed by atoms with Crippen LogP contribution in [0.5, 0.6) is 0 Å². The Kier molecular flexibility index (Phi) is 2.53. The van der Waals surface area contributed by atoms with Crippen molar-refractivity contribution in [3.63, 3.8) is 0 Å². The standard InChI is InChI=1S/C8H19NSi/c1-10(2,3)8-6-4-5-7-9-8/h8-9H,4-7H2,1-3H3/t8-/m1/s1. The summed E-state index contributed by atoms with van der Waals surface area (Å²) in [7, 11) is -0.867. The lowest BCUT2D eigenvalue weighted by molar-refractivity contribution is 0.473. The molecule has 2 heteroatoms. The van der Waals surface area contributed by atoms with Gasteiger partial charge in [-0.05, 0) is 25.1 Å². The van der Waals surface area contributed by atoms with E-state index in [2.05, 4.69) is 25.0 Å². The lowest BCUT2D eigenvalue weighted by Crippen LogP contribution is -2.50. The van der Waals surface area contributed by atoms with Crippen LogP contribution >= 0.6 is 0 Å². The monoisotopic (exact) mass is 157 g/mol. The van der Waals surface area contributed by atoms with Crippen molar-refractivity contribution >= 4 is 8.07 Å². The van der Waals surface area contributed by atoms with Gasteiger partial charge in [0, 0.05) is 0 Å². The van der Waals surface area contributed by atoms with Crippen LogP contribution in [0.2, 0.25) is 19.6 Å². The molecule has 0 radical (unpaired) electrons. The summed E-state index contributed by atoms with van der Waals surface area (Å²) < 4.78 is 0. The Labute approximate surface area is 65.2 Å². The summed E-state index contributed by atoms with van der Waals surface area (Å²) in [6.45, 7) is 8.62. The molecule has 0 spiro atoms. The molecule has 0 aromatic rings. The molecule has 0 aliphatic carbocycles. The van der Waals surface area contributed by atoms with E-state index in [0.717, 1.165) is 5.67 Å². The van der Waals surface area contributed by atoms with Gasteiger partial charge in [0.2, 0.25) is 0 Å². The Bertz CT molecular complexity index is 100. The molecular weight excluding hydrogens is 138 g/mol. The van der Waals surface area contributed by atoms with E-state index in [9.17, 15) is 0 Å². The molecule has 1 atom stereocenters. The average Bonchev–Trinajstić information content (AvgIpc) is 1.88. The van der Waals surface area contributed by atoms with E-state index < -0.39 is 8.07 Å². The average molecular weight is 157 g/mol. The fourth-order valence-electron chi connectivity index (χ4n) is 1.59. The zero-order valence-corrected chi connectivity index (χ0v) is 8.41. The van der Waals surface area contributed by atoms with Gasteiger partial charge in [-0.2, -0.15) is 0 Å². The van der Waals surface area contributed by atoms with Crippen LogP contribution < -0.4 is 5.32 Å². The first-order chi connectivity index (χ1) is 4.61. The summed E-state index contributed by atoms with van der Waals surface area (Å²) in [6, 6.07) is 0. The van der Waals surface area contributed by atoms with E-state index in [1.165, 1.54) is 25.8 Å². The maximum atomic E-state index is 3.62. The normalized spacial score (nSPS) is 28.5. The van der Waals surface area contributed by atoms with Crippen molar-refractivity contribution in [2.75, 3.05) is 6.54 Å². The summed E-state index contributed by atoms with van der Waals surface area (Å²) >= 11 is 0. The summed E-state index contributed by atoms with van der Waals surface area (Å²) in [5.41, 5.74) is 0.890. The number of rotatable bonds is 1. The van der Waals surface area contributed by atoms with E-state index in [-0.39, 0.29) is 0 Å². The van der Waals surface area contributed by atoms with Crippen LogP contribution in [0.4, 0.5) is 0 Å². The minimum Gasteiger partial charge on any atom is -0.317 e. The van der Waals surface area contributed by atoms with E-state index in [1.807, 2.05) is 0 Å². The third kappa shape index (κ3) is 2.10. The topological polar surface area (TPSA) is 12.0 Å². The number of piperidine rings is 1. The predicted molar refractivity (Wildman–Crippen MR) is 49.0 cm³/mol. The first-order valence-corrected chi connectivity index (χ1v) is 7.92. The molecule has 1 saturated heterocycles. The van der Waals surface area contributed by atoms with Crippen molar-refractivity contribution in [3.8, 4) is 0 Å². The summed E-state index contributed by atoms with van der Waals surface area (Å²) in [5, 5.41) is 3.62. The highest BCUT2D eigenvalue weighted by Crippen LogP contribution is 2.16. The van der Waals surface area contributed by atoms with Crippen molar-refractivity contribution in [3.05, 3.63) is 0 Å². The van der Waals surface area contributed by atoms with Crippen molar-refractivity contribution in [1.82, 2.24) is 5.32 Å². The molecule has 0 bridgehead atoms. The van der Waals surface area contributed by atoms with Gasteiger partial charge in [-0.25, -0.2) is 0 Å².